The fraction of sp³-hybridized carbons (Fsp3) is 0.688. The van der Waals surface area contributed by atoms with Gasteiger partial charge in [0.05, 0.1) is 15.9 Å². The highest BCUT2D eigenvalue weighted by Gasteiger charge is 2.76. The Kier molecular flexibility index (Phi) is 3.39. The Morgan fingerprint density at radius 2 is 1.95 bits per heavy atom. The summed E-state index contributed by atoms with van der Waals surface area (Å²) in [4.78, 5) is 30.9. The number of Topliss-reactive ketones (excluding diaryl/α,β-unsaturated/α-hetero) is 1. The number of halogens is 1. The number of thiazole rings is 1. The first kappa shape index (κ1) is 16.1. The second kappa shape index (κ2) is 4.63. The van der Waals surface area contributed by atoms with Crippen LogP contribution < -0.4 is 5.32 Å². The third-order valence-electron chi connectivity index (χ3n) is 6.37. The van der Waals surface area contributed by atoms with Gasteiger partial charge in [0, 0.05) is 10.3 Å². The predicted molar refractivity (Wildman–Crippen MR) is 91.5 cm³/mol. The fourth-order valence-electron chi connectivity index (χ4n) is 4.19. The molecular formula is C16H21BrN2O2S. The van der Waals surface area contributed by atoms with Gasteiger partial charge in [-0.25, -0.2) is 4.98 Å². The Morgan fingerprint density at radius 1 is 1.32 bits per heavy atom. The predicted octanol–water partition coefficient (Wildman–Crippen LogP) is 3.86. The lowest BCUT2D eigenvalue weighted by atomic mass is 9.64. The van der Waals surface area contributed by atoms with Crippen LogP contribution in [0.4, 0.5) is 5.13 Å². The molecule has 2 saturated carbocycles. The van der Waals surface area contributed by atoms with E-state index in [4.69, 9.17) is 0 Å². The molecule has 1 aromatic rings. The van der Waals surface area contributed by atoms with Gasteiger partial charge in [0.15, 0.2) is 10.9 Å². The molecule has 1 aromatic heterocycles. The molecule has 1 amide bonds. The summed E-state index contributed by atoms with van der Waals surface area (Å²) in [6, 6.07) is 0. The molecule has 6 heteroatoms. The summed E-state index contributed by atoms with van der Waals surface area (Å²) in [5.74, 6) is 0.0769. The SMILES string of the molecule is Cc1nc(NC(=O)[C@]23CC[C@](C)(C(=O)[C@H]2Br)C3(C)C)sc1C. The maximum Gasteiger partial charge on any atom is 0.234 e. The molecule has 2 aliphatic carbocycles. The van der Waals surface area contributed by atoms with Crippen molar-refractivity contribution in [2.45, 2.75) is 52.3 Å². The summed E-state index contributed by atoms with van der Waals surface area (Å²) in [7, 11) is 0. The number of carbonyl (C=O) groups is 2. The normalized spacial score (nSPS) is 35.9. The number of aryl methyl sites for hydroxylation is 2. The van der Waals surface area contributed by atoms with E-state index in [9.17, 15) is 9.59 Å². The first-order valence-corrected chi connectivity index (χ1v) is 9.25. The van der Waals surface area contributed by atoms with E-state index in [-0.39, 0.29) is 17.1 Å². The molecule has 2 bridgehead atoms. The molecule has 3 rings (SSSR count). The maximum absolute atomic E-state index is 13.1. The van der Waals surface area contributed by atoms with E-state index >= 15 is 0 Å². The highest BCUT2D eigenvalue weighted by molar-refractivity contribution is 9.10. The zero-order valence-corrected chi connectivity index (χ0v) is 15.9. The van der Waals surface area contributed by atoms with Crippen molar-refractivity contribution in [1.29, 1.82) is 0 Å². The molecule has 4 nitrogen and oxygen atoms in total. The van der Waals surface area contributed by atoms with Crippen molar-refractivity contribution in [3.05, 3.63) is 10.6 Å². The van der Waals surface area contributed by atoms with Gasteiger partial charge in [-0.2, -0.15) is 0 Å². The number of hydrogen-bond donors (Lipinski definition) is 1. The molecule has 2 fully saturated rings. The van der Waals surface area contributed by atoms with E-state index in [1.807, 2.05) is 20.8 Å². The Labute approximate surface area is 143 Å². The summed E-state index contributed by atoms with van der Waals surface area (Å²) in [6.07, 6.45) is 1.50. The van der Waals surface area contributed by atoms with Crippen LogP contribution >= 0.6 is 27.3 Å². The van der Waals surface area contributed by atoms with E-state index in [1.54, 1.807) is 0 Å². The standard InChI is InChI=1S/C16H21BrN2O2S/c1-8-9(2)22-13(18-8)19-12(21)16-7-6-15(5,14(16,3)4)11(20)10(16)17/h10H,6-7H2,1-5H3,(H,18,19,21)/t10-,15-,16+/m1/s1. The number of rotatable bonds is 2. The maximum atomic E-state index is 13.1. The molecule has 0 radical (unpaired) electrons. The highest BCUT2D eigenvalue weighted by atomic mass is 79.9. The number of carbonyl (C=O) groups excluding carboxylic acids is 2. The zero-order chi connectivity index (χ0) is 16.5. The van der Waals surface area contributed by atoms with Gasteiger partial charge >= 0.3 is 0 Å². The van der Waals surface area contributed by atoms with Crippen LogP contribution in [-0.4, -0.2) is 21.5 Å². The van der Waals surface area contributed by atoms with Gasteiger partial charge in [-0.05, 0) is 32.1 Å². The smallest absolute Gasteiger partial charge is 0.234 e. The minimum atomic E-state index is -0.702. The van der Waals surface area contributed by atoms with Crippen molar-refractivity contribution in [3.63, 3.8) is 0 Å². The Hall–Kier alpha value is -0.750. The molecule has 0 saturated heterocycles. The van der Waals surface area contributed by atoms with Crippen LogP contribution in [0.15, 0.2) is 0 Å². The number of hydrogen-bond acceptors (Lipinski definition) is 4. The van der Waals surface area contributed by atoms with E-state index in [1.165, 1.54) is 11.3 Å². The molecule has 1 N–H and O–H groups in total. The minimum absolute atomic E-state index is 0.0808. The third-order valence-corrected chi connectivity index (χ3v) is 8.56. The summed E-state index contributed by atoms with van der Waals surface area (Å²) >= 11 is 5.02. The number of alkyl halides is 1. The quantitative estimate of drug-likeness (QED) is 0.787. The largest absolute Gasteiger partial charge is 0.301 e. The summed E-state index contributed by atoms with van der Waals surface area (Å²) in [6.45, 7) is 10.0. The summed E-state index contributed by atoms with van der Waals surface area (Å²) in [5, 5.41) is 3.60. The van der Waals surface area contributed by atoms with Crippen LogP contribution in [0.5, 0.6) is 0 Å². The average molecular weight is 385 g/mol. The number of nitrogens with one attached hydrogen (secondary N) is 1. The minimum Gasteiger partial charge on any atom is -0.301 e. The molecule has 3 atom stereocenters. The van der Waals surface area contributed by atoms with Crippen LogP contribution in [-0.2, 0) is 9.59 Å². The Morgan fingerprint density at radius 3 is 2.41 bits per heavy atom. The molecule has 2 aliphatic rings. The van der Waals surface area contributed by atoms with Crippen molar-refractivity contribution >= 4 is 44.1 Å². The lowest BCUT2D eigenvalue weighted by molar-refractivity contribution is -0.130. The number of anilines is 1. The Bertz CT molecular complexity index is 664. The van der Waals surface area contributed by atoms with Gasteiger partial charge in [-0.3, -0.25) is 9.59 Å². The molecule has 22 heavy (non-hydrogen) atoms. The molecule has 0 aliphatic heterocycles. The van der Waals surface area contributed by atoms with Crippen LogP contribution in [0, 0.1) is 30.1 Å². The average Bonchev–Trinajstić information content (AvgIpc) is 2.88. The lowest BCUT2D eigenvalue weighted by Crippen LogP contribution is -2.47. The van der Waals surface area contributed by atoms with E-state index in [2.05, 4.69) is 40.1 Å². The fourth-order valence-corrected chi connectivity index (χ4v) is 6.51. The Balaban J connectivity index is 1.99. The summed E-state index contributed by atoms with van der Waals surface area (Å²) < 4.78 is 0. The van der Waals surface area contributed by atoms with Crippen molar-refractivity contribution in [3.8, 4) is 0 Å². The van der Waals surface area contributed by atoms with Gasteiger partial charge in [-0.15, -0.1) is 11.3 Å². The highest BCUT2D eigenvalue weighted by Crippen LogP contribution is 2.72. The number of aromatic nitrogens is 1. The van der Waals surface area contributed by atoms with Crippen molar-refractivity contribution < 1.29 is 9.59 Å². The van der Waals surface area contributed by atoms with Crippen molar-refractivity contribution in [1.82, 2.24) is 4.98 Å². The third kappa shape index (κ3) is 1.65. The topological polar surface area (TPSA) is 59.1 Å². The molecule has 120 valence electrons. The van der Waals surface area contributed by atoms with Crippen molar-refractivity contribution in [2.24, 2.45) is 16.2 Å². The summed E-state index contributed by atoms with van der Waals surface area (Å²) in [5.41, 5.74) is -0.581. The van der Waals surface area contributed by atoms with Crippen LogP contribution in [0.25, 0.3) is 0 Å². The van der Waals surface area contributed by atoms with Gasteiger partial charge in [0.2, 0.25) is 5.91 Å². The first-order chi connectivity index (χ1) is 10.1. The molecule has 1 heterocycles. The van der Waals surface area contributed by atoms with Gasteiger partial charge in [0.25, 0.3) is 0 Å². The van der Waals surface area contributed by atoms with E-state index in [0.717, 1.165) is 23.4 Å². The number of nitrogens with zero attached hydrogens (tertiary/aromatic N) is 1. The van der Waals surface area contributed by atoms with Gasteiger partial charge < -0.3 is 5.32 Å². The molecule has 0 aromatic carbocycles. The second-order valence-corrected chi connectivity index (χ2v) is 9.39. The second-order valence-electron chi connectivity index (χ2n) is 7.27. The number of ketones is 1. The van der Waals surface area contributed by atoms with Crippen LogP contribution in [0.2, 0.25) is 0 Å². The van der Waals surface area contributed by atoms with Crippen LogP contribution in [0.3, 0.4) is 0 Å². The molecule has 0 unspecified atom stereocenters. The van der Waals surface area contributed by atoms with Crippen LogP contribution in [0.1, 0.15) is 44.2 Å². The first-order valence-electron chi connectivity index (χ1n) is 7.52. The monoisotopic (exact) mass is 384 g/mol. The number of fused-ring (bicyclic) bond motifs is 2. The number of amides is 1. The van der Waals surface area contributed by atoms with Crippen molar-refractivity contribution in [2.75, 3.05) is 5.32 Å². The molecular weight excluding hydrogens is 364 g/mol. The zero-order valence-electron chi connectivity index (χ0n) is 13.5. The van der Waals surface area contributed by atoms with E-state index in [0.29, 0.717) is 5.13 Å². The lowest BCUT2D eigenvalue weighted by Gasteiger charge is -2.39. The van der Waals surface area contributed by atoms with E-state index < -0.39 is 15.7 Å². The molecule has 0 spiro atoms. The van der Waals surface area contributed by atoms with Gasteiger partial charge in [-0.1, -0.05) is 36.7 Å². The van der Waals surface area contributed by atoms with Gasteiger partial charge in [0.1, 0.15) is 0 Å².